The molecule has 2 rings (SSSR count). The summed E-state index contributed by atoms with van der Waals surface area (Å²) in [6, 6.07) is 1.41. The van der Waals surface area contributed by atoms with E-state index in [0.29, 0.717) is 12.8 Å². The number of alkyl halides is 3. The second-order valence-corrected chi connectivity index (χ2v) is 5.64. The Morgan fingerprint density at radius 2 is 1.95 bits per heavy atom. The molecule has 0 aromatic rings. The molecule has 2 aliphatic rings. The number of carbonyl (C=O) groups is 2. The Labute approximate surface area is 125 Å². The molecule has 22 heavy (non-hydrogen) atoms. The topological polar surface area (TPSA) is 82.0 Å². The Bertz CT molecular complexity index is 571. The highest BCUT2D eigenvalue weighted by Crippen LogP contribution is 2.41. The van der Waals surface area contributed by atoms with Crippen molar-refractivity contribution in [1.82, 2.24) is 10.6 Å². The molecule has 0 spiro atoms. The summed E-state index contributed by atoms with van der Waals surface area (Å²) in [7, 11) is 0. The predicted octanol–water partition coefficient (Wildman–Crippen LogP) is 1.91. The monoisotopic (exact) mass is 315 g/mol. The highest BCUT2D eigenvalue weighted by Gasteiger charge is 2.67. The SMILES string of the molecule is CC1=C(C#N)[C@@](NC(=O)C2CCCCC2)(C(F)(F)F)C(=O)N1. The van der Waals surface area contributed by atoms with E-state index in [4.69, 9.17) is 5.26 Å². The summed E-state index contributed by atoms with van der Waals surface area (Å²) >= 11 is 0. The molecule has 2 amide bonds. The van der Waals surface area contributed by atoms with Gasteiger partial charge in [-0.3, -0.25) is 9.59 Å². The van der Waals surface area contributed by atoms with E-state index in [1.165, 1.54) is 13.0 Å². The van der Waals surface area contributed by atoms with E-state index >= 15 is 0 Å². The lowest BCUT2D eigenvalue weighted by atomic mass is 9.85. The molecule has 0 unspecified atom stereocenters. The fraction of sp³-hybridized carbons (Fsp3) is 0.643. The van der Waals surface area contributed by atoms with Crippen LogP contribution in [0.15, 0.2) is 11.3 Å². The van der Waals surface area contributed by atoms with Gasteiger partial charge in [0, 0.05) is 11.6 Å². The molecule has 1 saturated carbocycles. The van der Waals surface area contributed by atoms with Crippen molar-refractivity contribution in [1.29, 1.82) is 5.26 Å². The summed E-state index contributed by atoms with van der Waals surface area (Å²) in [6.07, 6.45) is -1.63. The molecule has 2 N–H and O–H groups in total. The van der Waals surface area contributed by atoms with Gasteiger partial charge in [0.15, 0.2) is 0 Å². The molecule has 120 valence electrons. The van der Waals surface area contributed by atoms with E-state index < -0.39 is 35.0 Å². The fourth-order valence-corrected chi connectivity index (χ4v) is 3.00. The number of halogens is 3. The second-order valence-electron chi connectivity index (χ2n) is 5.64. The van der Waals surface area contributed by atoms with Gasteiger partial charge in [0.2, 0.25) is 5.91 Å². The molecule has 0 saturated heterocycles. The summed E-state index contributed by atoms with van der Waals surface area (Å²) in [6.45, 7) is 1.21. The van der Waals surface area contributed by atoms with E-state index in [0.717, 1.165) is 19.3 Å². The van der Waals surface area contributed by atoms with Crippen molar-refractivity contribution in [2.24, 2.45) is 5.92 Å². The third-order valence-electron chi connectivity index (χ3n) is 4.22. The maximum Gasteiger partial charge on any atom is 0.425 e. The minimum Gasteiger partial charge on any atom is -0.330 e. The third-order valence-corrected chi connectivity index (χ3v) is 4.22. The van der Waals surface area contributed by atoms with Crippen LogP contribution in [-0.2, 0) is 9.59 Å². The van der Waals surface area contributed by atoms with Gasteiger partial charge in [-0.25, -0.2) is 0 Å². The number of nitriles is 1. The van der Waals surface area contributed by atoms with Crippen LogP contribution in [-0.4, -0.2) is 23.5 Å². The maximum atomic E-state index is 13.5. The van der Waals surface area contributed by atoms with Gasteiger partial charge in [-0.2, -0.15) is 18.4 Å². The Hall–Kier alpha value is -2.04. The Balaban J connectivity index is 2.38. The summed E-state index contributed by atoms with van der Waals surface area (Å²) < 4.78 is 40.6. The first-order valence-electron chi connectivity index (χ1n) is 7.05. The van der Waals surface area contributed by atoms with Gasteiger partial charge in [0.1, 0.15) is 0 Å². The zero-order valence-electron chi connectivity index (χ0n) is 12.0. The summed E-state index contributed by atoms with van der Waals surface area (Å²) in [5.74, 6) is -2.81. The number of nitrogens with one attached hydrogen (secondary N) is 2. The van der Waals surface area contributed by atoms with Gasteiger partial charge in [-0.05, 0) is 19.8 Å². The zero-order valence-corrected chi connectivity index (χ0v) is 12.0. The normalized spacial score (nSPS) is 26.6. The summed E-state index contributed by atoms with van der Waals surface area (Å²) in [5.41, 5.74) is -4.26. The average Bonchev–Trinajstić information content (AvgIpc) is 2.70. The van der Waals surface area contributed by atoms with Gasteiger partial charge >= 0.3 is 6.18 Å². The summed E-state index contributed by atoms with van der Waals surface area (Å²) in [4.78, 5) is 24.1. The van der Waals surface area contributed by atoms with E-state index in [-0.39, 0.29) is 5.70 Å². The Kier molecular flexibility index (Phi) is 4.18. The largest absolute Gasteiger partial charge is 0.425 e. The van der Waals surface area contributed by atoms with Crippen LogP contribution in [0.2, 0.25) is 0 Å². The van der Waals surface area contributed by atoms with E-state index in [1.54, 1.807) is 0 Å². The lowest BCUT2D eigenvalue weighted by molar-refractivity contribution is -0.190. The number of hydrogen-bond acceptors (Lipinski definition) is 3. The minimum atomic E-state index is -5.09. The summed E-state index contributed by atoms with van der Waals surface area (Å²) in [5, 5.41) is 12.9. The van der Waals surface area contributed by atoms with Crippen LogP contribution in [0.1, 0.15) is 39.0 Å². The van der Waals surface area contributed by atoms with Gasteiger partial charge in [-0.1, -0.05) is 19.3 Å². The van der Waals surface area contributed by atoms with Crippen LogP contribution in [0.3, 0.4) is 0 Å². The van der Waals surface area contributed by atoms with E-state index in [9.17, 15) is 22.8 Å². The highest BCUT2D eigenvalue weighted by atomic mass is 19.4. The van der Waals surface area contributed by atoms with E-state index in [2.05, 4.69) is 0 Å². The number of allylic oxidation sites excluding steroid dienone is 1. The van der Waals surface area contributed by atoms with Crippen molar-refractivity contribution in [2.45, 2.75) is 50.7 Å². The van der Waals surface area contributed by atoms with Crippen LogP contribution in [0.25, 0.3) is 0 Å². The van der Waals surface area contributed by atoms with E-state index in [1.807, 2.05) is 10.6 Å². The third kappa shape index (κ3) is 2.45. The van der Waals surface area contributed by atoms with Gasteiger partial charge in [-0.15, -0.1) is 0 Å². The van der Waals surface area contributed by atoms with Crippen molar-refractivity contribution in [2.75, 3.05) is 0 Å². The zero-order chi connectivity index (χ0) is 16.5. The number of nitrogens with zero attached hydrogens (tertiary/aromatic N) is 1. The van der Waals surface area contributed by atoms with Gasteiger partial charge < -0.3 is 10.6 Å². The first-order chi connectivity index (χ1) is 10.2. The molecule has 5 nitrogen and oxygen atoms in total. The number of hydrogen-bond donors (Lipinski definition) is 2. The molecule has 1 atom stereocenters. The molecule has 0 bridgehead atoms. The molecule has 0 aromatic carbocycles. The van der Waals surface area contributed by atoms with Crippen LogP contribution in [0.4, 0.5) is 13.2 Å². The molecule has 0 radical (unpaired) electrons. The molecule has 1 fully saturated rings. The molecular formula is C14H16F3N3O2. The average molecular weight is 315 g/mol. The Morgan fingerprint density at radius 1 is 1.36 bits per heavy atom. The molecule has 8 heteroatoms. The van der Waals surface area contributed by atoms with Crippen LogP contribution in [0.5, 0.6) is 0 Å². The van der Waals surface area contributed by atoms with Crippen molar-refractivity contribution in [3.05, 3.63) is 11.3 Å². The lowest BCUT2D eigenvalue weighted by Gasteiger charge is -2.32. The lowest BCUT2D eigenvalue weighted by Crippen LogP contribution is -2.65. The van der Waals surface area contributed by atoms with Crippen LogP contribution < -0.4 is 10.6 Å². The van der Waals surface area contributed by atoms with Crippen molar-refractivity contribution >= 4 is 11.8 Å². The predicted molar refractivity (Wildman–Crippen MR) is 70.0 cm³/mol. The van der Waals surface area contributed by atoms with Gasteiger partial charge in [0.05, 0.1) is 11.6 Å². The van der Waals surface area contributed by atoms with Crippen LogP contribution >= 0.6 is 0 Å². The smallest absolute Gasteiger partial charge is 0.330 e. The first-order valence-corrected chi connectivity index (χ1v) is 7.05. The standard InChI is InChI=1S/C14H16F3N3O2/c1-8-10(7-18)13(12(22)19-8,14(15,16)17)20-11(21)9-5-3-2-4-6-9/h9H,2-6H2,1H3,(H,19,22)(H,20,21)/t13-/m0/s1. The van der Waals surface area contributed by atoms with Crippen molar-refractivity contribution in [3.8, 4) is 6.07 Å². The number of rotatable bonds is 2. The molecule has 1 aliphatic heterocycles. The highest BCUT2D eigenvalue weighted by molar-refractivity contribution is 6.01. The number of carbonyl (C=O) groups excluding carboxylic acids is 2. The van der Waals surface area contributed by atoms with Gasteiger partial charge in [0.25, 0.3) is 11.4 Å². The molecule has 1 aliphatic carbocycles. The number of amides is 2. The fourth-order valence-electron chi connectivity index (χ4n) is 3.00. The molecular weight excluding hydrogens is 299 g/mol. The maximum absolute atomic E-state index is 13.5. The van der Waals surface area contributed by atoms with Crippen molar-refractivity contribution in [3.63, 3.8) is 0 Å². The Morgan fingerprint density at radius 3 is 2.45 bits per heavy atom. The van der Waals surface area contributed by atoms with Crippen LogP contribution in [0, 0.1) is 17.2 Å². The van der Waals surface area contributed by atoms with Crippen molar-refractivity contribution < 1.29 is 22.8 Å². The second kappa shape index (κ2) is 5.63. The molecule has 1 heterocycles. The molecule has 0 aromatic heterocycles. The minimum absolute atomic E-state index is 0.186. The quantitative estimate of drug-likeness (QED) is 0.816. The first kappa shape index (κ1) is 16.3.